The van der Waals surface area contributed by atoms with E-state index in [0.29, 0.717) is 48.7 Å². The number of hydrogen-bond acceptors (Lipinski definition) is 5. The van der Waals surface area contributed by atoms with Crippen LogP contribution in [0.15, 0.2) is 36.4 Å². The van der Waals surface area contributed by atoms with Crippen LogP contribution in [0.5, 0.6) is 11.5 Å². The van der Waals surface area contributed by atoms with Crippen LogP contribution in [0, 0.1) is 19.8 Å². The third kappa shape index (κ3) is 5.31. The van der Waals surface area contributed by atoms with Gasteiger partial charge in [0.2, 0.25) is 11.8 Å². The Morgan fingerprint density at radius 1 is 1.03 bits per heavy atom. The van der Waals surface area contributed by atoms with Crippen molar-refractivity contribution in [2.24, 2.45) is 5.92 Å². The molecule has 3 aliphatic rings. The van der Waals surface area contributed by atoms with Crippen LogP contribution in [0.2, 0.25) is 0 Å². The average Bonchev–Trinajstić information content (AvgIpc) is 2.84. The van der Waals surface area contributed by atoms with Gasteiger partial charge in [0.05, 0.1) is 18.2 Å². The number of hydrogen-bond donors (Lipinski definition) is 2. The Labute approximate surface area is 212 Å². The van der Waals surface area contributed by atoms with E-state index in [1.807, 2.05) is 55.6 Å². The van der Waals surface area contributed by atoms with Crippen molar-refractivity contribution in [2.45, 2.75) is 63.6 Å². The van der Waals surface area contributed by atoms with Crippen molar-refractivity contribution in [1.29, 1.82) is 0 Å². The first-order valence-electron chi connectivity index (χ1n) is 12.4. The lowest BCUT2D eigenvalue weighted by Crippen LogP contribution is -2.62. The summed E-state index contributed by atoms with van der Waals surface area (Å²) in [5.74, 6) is -1.81. The Balaban J connectivity index is 1.40. The molecule has 2 aromatic rings. The van der Waals surface area contributed by atoms with Crippen LogP contribution in [-0.4, -0.2) is 49.5 Å². The number of benzene rings is 2. The van der Waals surface area contributed by atoms with Gasteiger partial charge in [0.1, 0.15) is 17.4 Å². The molecule has 2 aromatic carbocycles. The van der Waals surface area contributed by atoms with Gasteiger partial charge in [0.15, 0.2) is 6.04 Å². The molecule has 3 atom stereocenters. The predicted octanol–water partition coefficient (Wildman–Crippen LogP) is 4.25. The molecule has 2 amide bonds. The molecule has 0 bridgehead atoms. The summed E-state index contributed by atoms with van der Waals surface area (Å²) in [6.45, 7) is 4.63. The molecule has 2 saturated heterocycles. The van der Waals surface area contributed by atoms with Crippen LogP contribution < -0.4 is 15.4 Å². The highest BCUT2D eigenvalue weighted by atomic mass is 19.4. The summed E-state index contributed by atoms with van der Waals surface area (Å²) in [7, 11) is 0. The van der Waals surface area contributed by atoms with E-state index in [1.165, 1.54) is 0 Å². The lowest BCUT2D eigenvalue weighted by atomic mass is 9.88. The minimum atomic E-state index is -4.71. The number of halogens is 3. The predicted molar refractivity (Wildman–Crippen MR) is 127 cm³/mol. The zero-order valence-corrected chi connectivity index (χ0v) is 20.6. The first kappa shape index (κ1) is 25.5. The van der Waals surface area contributed by atoms with Crippen molar-refractivity contribution in [3.05, 3.63) is 58.7 Å². The summed E-state index contributed by atoms with van der Waals surface area (Å²) in [4.78, 5) is 26.2. The molecule has 3 unspecified atom stereocenters. The van der Waals surface area contributed by atoms with Crippen molar-refractivity contribution < 1.29 is 37.0 Å². The topological polar surface area (TPSA) is 85.9 Å². The largest absolute Gasteiger partial charge is 0.457 e. The minimum Gasteiger partial charge on any atom is -0.457 e. The Hall–Kier alpha value is -3.11. The second kappa shape index (κ2) is 9.98. The number of nitrogens with one attached hydrogen (secondary N) is 2. The summed E-state index contributed by atoms with van der Waals surface area (Å²) in [5, 5.41) is 4.92. The first-order valence-corrected chi connectivity index (χ1v) is 12.4. The highest BCUT2D eigenvalue weighted by Crippen LogP contribution is 2.44. The number of carbonyl (C=O) groups excluding carboxylic acids is 2. The molecule has 0 saturated carbocycles. The quantitative estimate of drug-likeness (QED) is 0.592. The summed E-state index contributed by atoms with van der Waals surface area (Å²) < 4.78 is 58.5. The van der Waals surface area contributed by atoms with Crippen molar-refractivity contribution in [3.63, 3.8) is 0 Å². The van der Waals surface area contributed by atoms with Gasteiger partial charge >= 0.3 is 6.18 Å². The summed E-state index contributed by atoms with van der Waals surface area (Å²) in [5.41, 5.74) is 3.35. The maximum absolute atomic E-state index is 13.8. The van der Waals surface area contributed by atoms with Gasteiger partial charge in [0, 0.05) is 24.3 Å². The Morgan fingerprint density at radius 2 is 1.62 bits per heavy atom. The average molecular weight is 519 g/mol. The number of amides is 2. The smallest absolute Gasteiger partial charge is 0.411 e. The van der Waals surface area contributed by atoms with E-state index in [0.717, 1.165) is 11.1 Å². The molecular formula is C27H29F3N2O5. The maximum atomic E-state index is 13.8. The molecule has 2 N–H and O–H groups in total. The lowest BCUT2D eigenvalue weighted by Gasteiger charge is -2.39. The van der Waals surface area contributed by atoms with Gasteiger partial charge in [-0.3, -0.25) is 9.59 Å². The number of carbonyl (C=O) groups is 2. The van der Waals surface area contributed by atoms with Gasteiger partial charge in [-0.25, -0.2) is 0 Å². The molecule has 7 nitrogen and oxygen atoms in total. The lowest BCUT2D eigenvalue weighted by molar-refractivity contribution is -0.208. The van der Waals surface area contributed by atoms with Gasteiger partial charge < -0.3 is 24.8 Å². The molecule has 37 heavy (non-hydrogen) atoms. The molecule has 3 aliphatic heterocycles. The van der Waals surface area contributed by atoms with Crippen LogP contribution in [0.4, 0.5) is 13.2 Å². The van der Waals surface area contributed by atoms with Gasteiger partial charge in [-0.15, -0.1) is 0 Å². The molecule has 3 heterocycles. The van der Waals surface area contributed by atoms with Crippen LogP contribution >= 0.6 is 0 Å². The van der Waals surface area contributed by atoms with E-state index in [-0.39, 0.29) is 6.42 Å². The number of alkyl halides is 3. The van der Waals surface area contributed by atoms with Crippen LogP contribution in [-0.2, 0) is 19.1 Å². The molecule has 10 heteroatoms. The standard InChI is InChI=1S/C27H29F3N2O5/c1-14-3-5-17-20(11-14)37-21-12-15(2)4-6-18(21)23(17)31-25(33)19-13-22(36-16-7-9-35-10-8-16)24(27(28,29)30)32-26(19)34/h3-6,11-12,16,19,22-24H,7-10,13H2,1-2H3,(H,31,33)(H,32,34). The van der Waals surface area contributed by atoms with Crippen LogP contribution in [0.25, 0.3) is 0 Å². The zero-order chi connectivity index (χ0) is 26.3. The fourth-order valence-electron chi connectivity index (χ4n) is 5.16. The van der Waals surface area contributed by atoms with E-state index < -0.39 is 48.2 Å². The Morgan fingerprint density at radius 3 is 2.19 bits per heavy atom. The number of aryl methyl sites for hydroxylation is 2. The fraction of sp³-hybridized carbons (Fsp3) is 0.481. The number of fused-ring (bicyclic) bond motifs is 2. The minimum absolute atomic E-state index is 0.371. The van der Waals surface area contributed by atoms with E-state index in [4.69, 9.17) is 14.2 Å². The van der Waals surface area contributed by atoms with Crippen molar-refractivity contribution in [1.82, 2.24) is 10.6 Å². The number of rotatable bonds is 4. The fourth-order valence-corrected chi connectivity index (χ4v) is 5.16. The highest BCUT2D eigenvalue weighted by Gasteiger charge is 2.53. The van der Waals surface area contributed by atoms with Gasteiger partial charge in [-0.05, 0) is 56.4 Å². The molecule has 5 rings (SSSR count). The van der Waals surface area contributed by atoms with E-state index in [9.17, 15) is 22.8 Å². The maximum Gasteiger partial charge on any atom is 0.411 e. The highest BCUT2D eigenvalue weighted by molar-refractivity contribution is 6.01. The second-order valence-corrected chi connectivity index (χ2v) is 9.93. The molecule has 0 spiro atoms. The van der Waals surface area contributed by atoms with E-state index >= 15 is 0 Å². The SMILES string of the molecule is Cc1ccc2c(c1)Oc1cc(C)ccc1C2NC(=O)C1CC(OC2CCOCC2)C(C(F)(F)F)NC1=O. The van der Waals surface area contributed by atoms with Crippen molar-refractivity contribution in [2.75, 3.05) is 13.2 Å². The van der Waals surface area contributed by atoms with Crippen molar-refractivity contribution in [3.8, 4) is 11.5 Å². The van der Waals surface area contributed by atoms with Crippen molar-refractivity contribution >= 4 is 11.8 Å². The summed E-state index contributed by atoms with van der Waals surface area (Å²) >= 11 is 0. The van der Waals surface area contributed by atoms with Gasteiger partial charge in [0.25, 0.3) is 0 Å². The molecule has 198 valence electrons. The monoisotopic (exact) mass is 518 g/mol. The normalized spacial score (nSPS) is 24.5. The molecular weight excluding hydrogens is 489 g/mol. The van der Waals surface area contributed by atoms with Crippen LogP contribution in [0.3, 0.4) is 0 Å². The number of ether oxygens (including phenoxy) is 3. The third-order valence-corrected chi connectivity index (χ3v) is 7.13. The zero-order valence-electron chi connectivity index (χ0n) is 20.6. The number of piperidine rings is 1. The molecule has 0 aromatic heterocycles. The Kier molecular flexibility index (Phi) is 6.89. The third-order valence-electron chi connectivity index (χ3n) is 7.13. The van der Waals surface area contributed by atoms with Gasteiger partial charge in [-0.1, -0.05) is 24.3 Å². The van der Waals surface area contributed by atoms with E-state index in [1.54, 1.807) is 0 Å². The van der Waals surface area contributed by atoms with Crippen LogP contribution in [0.1, 0.15) is 47.6 Å². The second-order valence-electron chi connectivity index (χ2n) is 9.93. The summed E-state index contributed by atoms with van der Waals surface area (Å²) in [6, 6.07) is 8.38. The molecule has 2 fully saturated rings. The molecule has 0 aliphatic carbocycles. The first-order chi connectivity index (χ1) is 17.6. The van der Waals surface area contributed by atoms with Gasteiger partial charge in [-0.2, -0.15) is 13.2 Å². The molecule has 0 radical (unpaired) electrons. The van der Waals surface area contributed by atoms with E-state index in [2.05, 4.69) is 5.32 Å². The Bertz CT molecular complexity index is 1140. The summed E-state index contributed by atoms with van der Waals surface area (Å²) in [6.07, 6.45) is -5.97.